The first-order valence-electron chi connectivity index (χ1n) is 5.82. The quantitative estimate of drug-likeness (QED) is 0.611. The second-order valence-electron chi connectivity index (χ2n) is 4.21. The second-order valence-corrected chi connectivity index (χ2v) is 4.21. The summed E-state index contributed by atoms with van der Waals surface area (Å²) in [5.41, 5.74) is 0. The Labute approximate surface area is 104 Å². The maximum Gasteiger partial charge on any atom is 0.326 e. The second kappa shape index (κ2) is 6.34. The van der Waals surface area contributed by atoms with E-state index in [1.165, 1.54) is 0 Å². The molecular formula is C11H17NO6. The summed E-state index contributed by atoms with van der Waals surface area (Å²) in [6, 6.07) is -1.40. The Hall–Kier alpha value is -1.63. The van der Waals surface area contributed by atoms with E-state index in [2.05, 4.69) is 5.32 Å². The highest BCUT2D eigenvalue weighted by atomic mass is 16.5. The molecule has 102 valence electrons. The molecule has 0 aromatic heterocycles. The van der Waals surface area contributed by atoms with Gasteiger partial charge in [-0.2, -0.15) is 0 Å². The average Bonchev–Trinajstić information content (AvgIpc) is 2.75. The number of carboxylic acid groups (broad SMARTS) is 2. The first kappa shape index (κ1) is 14.4. The molecule has 7 nitrogen and oxygen atoms in total. The largest absolute Gasteiger partial charge is 0.481 e. The van der Waals surface area contributed by atoms with Gasteiger partial charge >= 0.3 is 11.9 Å². The Bertz CT molecular complexity index is 342. The molecule has 3 N–H and O–H groups in total. The molecule has 1 fully saturated rings. The smallest absolute Gasteiger partial charge is 0.326 e. The zero-order chi connectivity index (χ0) is 13.7. The minimum Gasteiger partial charge on any atom is -0.481 e. The lowest BCUT2D eigenvalue weighted by atomic mass is 9.98. The van der Waals surface area contributed by atoms with Gasteiger partial charge in [0.15, 0.2) is 0 Å². The van der Waals surface area contributed by atoms with Crippen molar-refractivity contribution < 1.29 is 29.3 Å². The summed E-state index contributed by atoms with van der Waals surface area (Å²) in [5, 5.41) is 19.7. The maximum absolute atomic E-state index is 11.9. The SMILES string of the molecule is CCC1OCCC1C(=O)N[C@@H](CC(=O)O)C(=O)O. The molecule has 3 atom stereocenters. The Morgan fingerprint density at radius 2 is 2.06 bits per heavy atom. The van der Waals surface area contributed by atoms with E-state index in [1.54, 1.807) is 0 Å². The standard InChI is InChI=1S/C11H17NO6/c1-2-8-6(3-4-18-8)10(15)12-7(11(16)17)5-9(13)14/h6-8H,2-5H2,1H3,(H,12,15)(H,13,14)(H,16,17)/t6?,7-,8?/m0/s1. The summed E-state index contributed by atoms with van der Waals surface area (Å²) in [4.78, 5) is 33.2. The summed E-state index contributed by atoms with van der Waals surface area (Å²) in [7, 11) is 0. The molecule has 1 rings (SSSR count). The van der Waals surface area contributed by atoms with E-state index in [0.29, 0.717) is 19.4 Å². The minimum absolute atomic E-state index is 0.218. The lowest BCUT2D eigenvalue weighted by molar-refractivity contribution is -0.147. The predicted octanol–water partition coefficient (Wildman–Crippen LogP) is -0.154. The van der Waals surface area contributed by atoms with E-state index >= 15 is 0 Å². The van der Waals surface area contributed by atoms with Gasteiger partial charge in [-0.05, 0) is 12.8 Å². The van der Waals surface area contributed by atoms with E-state index in [0.717, 1.165) is 0 Å². The van der Waals surface area contributed by atoms with Crippen LogP contribution in [-0.4, -0.2) is 46.8 Å². The number of ether oxygens (including phenoxy) is 1. The van der Waals surface area contributed by atoms with Crippen molar-refractivity contribution in [1.82, 2.24) is 5.32 Å². The first-order valence-corrected chi connectivity index (χ1v) is 5.82. The highest BCUT2D eigenvalue weighted by molar-refractivity contribution is 5.88. The average molecular weight is 259 g/mol. The third-order valence-corrected chi connectivity index (χ3v) is 2.94. The molecule has 1 aliphatic rings. The zero-order valence-corrected chi connectivity index (χ0v) is 10.1. The van der Waals surface area contributed by atoms with E-state index in [1.807, 2.05) is 6.92 Å². The Balaban J connectivity index is 2.60. The van der Waals surface area contributed by atoms with Gasteiger partial charge in [-0.3, -0.25) is 9.59 Å². The molecule has 7 heteroatoms. The fourth-order valence-corrected chi connectivity index (χ4v) is 2.00. The number of nitrogens with one attached hydrogen (secondary N) is 1. The predicted molar refractivity (Wildman–Crippen MR) is 60.0 cm³/mol. The number of carboxylic acids is 2. The molecule has 0 aromatic rings. The van der Waals surface area contributed by atoms with Crippen LogP contribution < -0.4 is 5.32 Å². The third kappa shape index (κ3) is 3.69. The topological polar surface area (TPSA) is 113 Å². The summed E-state index contributed by atoms with van der Waals surface area (Å²) in [6.07, 6.45) is 0.341. The molecule has 0 bridgehead atoms. The monoisotopic (exact) mass is 259 g/mol. The summed E-state index contributed by atoms with van der Waals surface area (Å²) in [5.74, 6) is -3.46. The Kier molecular flexibility index (Phi) is 5.08. The van der Waals surface area contributed by atoms with Crippen molar-refractivity contribution in [1.29, 1.82) is 0 Å². The normalized spacial score (nSPS) is 24.5. The summed E-state index contributed by atoms with van der Waals surface area (Å²) >= 11 is 0. The molecule has 0 aliphatic carbocycles. The zero-order valence-electron chi connectivity index (χ0n) is 10.1. The van der Waals surface area contributed by atoms with Gasteiger partial charge < -0.3 is 20.3 Å². The van der Waals surface area contributed by atoms with Crippen LogP contribution in [0.4, 0.5) is 0 Å². The van der Waals surface area contributed by atoms with E-state index in [-0.39, 0.29) is 6.10 Å². The highest BCUT2D eigenvalue weighted by Crippen LogP contribution is 2.23. The first-order chi connectivity index (χ1) is 8.45. The number of hydrogen-bond donors (Lipinski definition) is 3. The summed E-state index contributed by atoms with van der Waals surface area (Å²) < 4.78 is 5.33. The highest BCUT2D eigenvalue weighted by Gasteiger charge is 2.35. The van der Waals surface area contributed by atoms with Gasteiger partial charge in [0, 0.05) is 6.61 Å². The van der Waals surface area contributed by atoms with E-state index < -0.39 is 36.2 Å². The lowest BCUT2D eigenvalue weighted by Crippen LogP contribution is -2.46. The number of amides is 1. The number of aliphatic carboxylic acids is 2. The van der Waals surface area contributed by atoms with Crippen LogP contribution in [0.2, 0.25) is 0 Å². The van der Waals surface area contributed by atoms with Crippen molar-refractivity contribution in [2.75, 3.05) is 6.61 Å². The molecule has 18 heavy (non-hydrogen) atoms. The molecule has 0 radical (unpaired) electrons. The van der Waals surface area contributed by atoms with Crippen molar-refractivity contribution in [2.24, 2.45) is 5.92 Å². The van der Waals surface area contributed by atoms with Crippen molar-refractivity contribution >= 4 is 17.8 Å². The van der Waals surface area contributed by atoms with Crippen molar-refractivity contribution in [3.63, 3.8) is 0 Å². The van der Waals surface area contributed by atoms with Crippen LogP contribution in [-0.2, 0) is 19.1 Å². The van der Waals surface area contributed by atoms with Gasteiger partial charge in [-0.15, -0.1) is 0 Å². The molecular weight excluding hydrogens is 242 g/mol. The molecule has 1 aliphatic heterocycles. The fraction of sp³-hybridized carbons (Fsp3) is 0.727. The van der Waals surface area contributed by atoms with E-state index in [9.17, 15) is 14.4 Å². The van der Waals surface area contributed by atoms with Crippen LogP contribution in [0.1, 0.15) is 26.2 Å². The lowest BCUT2D eigenvalue weighted by Gasteiger charge is -2.19. The Morgan fingerprint density at radius 1 is 1.39 bits per heavy atom. The Morgan fingerprint density at radius 3 is 2.56 bits per heavy atom. The number of hydrogen-bond acceptors (Lipinski definition) is 4. The minimum atomic E-state index is -1.40. The van der Waals surface area contributed by atoms with Crippen molar-refractivity contribution in [2.45, 2.75) is 38.3 Å². The van der Waals surface area contributed by atoms with Crippen LogP contribution in [0.5, 0.6) is 0 Å². The van der Waals surface area contributed by atoms with Gasteiger partial charge in [0.1, 0.15) is 6.04 Å². The molecule has 1 amide bonds. The van der Waals surface area contributed by atoms with Crippen molar-refractivity contribution in [3.05, 3.63) is 0 Å². The van der Waals surface area contributed by atoms with Crippen LogP contribution in [0.3, 0.4) is 0 Å². The van der Waals surface area contributed by atoms with Crippen LogP contribution >= 0.6 is 0 Å². The van der Waals surface area contributed by atoms with Gasteiger partial charge in [-0.1, -0.05) is 6.92 Å². The van der Waals surface area contributed by atoms with E-state index in [4.69, 9.17) is 14.9 Å². The number of rotatable bonds is 6. The van der Waals surface area contributed by atoms with Crippen LogP contribution in [0, 0.1) is 5.92 Å². The van der Waals surface area contributed by atoms with Gasteiger partial charge in [0.05, 0.1) is 18.4 Å². The fourth-order valence-electron chi connectivity index (χ4n) is 2.00. The van der Waals surface area contributed by atoms with Crippen LogP contribution in [0.25, 0.3) is 0 Å². The molecule has 1 heterocycles. The molecule has 0 saturated carbocycles. The summed E-state index contributed by atoms with van der Waals surface area (Å²) in [6.45, 7) is 2.34. The number of carbonyl (C=O) groups is 3. The van der Waals surface area contributed by atoms with Crippen LogP contribution in [0.15, 0.2) is 0 Å². The number of carbonyl (C=O) groups excluding carboxylic acids is 1. The molecule has 0 aromatic carbocycles. The molecule has 0 spiro atoms. The van der Waals surface area contributed by atoms with Gasteiger partial charge in [0.2, 0.25) is 5.91 Å². The maximum atomic E-state index is 11.9. The molecule has 2 unspecified atom stereocenters. The van der Waals surface area contributed by atoms with Crippen molar-refractivity contribution in [3.8, 4) is 0 Å². The van der Waals surface area contributed by atoms with Gasteiger partial charge in [0.25, 0.3) is 0 Å². The molecule has 1 saturated heterocycles. The van der Waals surface area contributed by atoms with Gasteiger partial charge in [-0.25, -0.2) is 4.79 Å². The third-order valence-electron chi connectivity index (χ3n) is 2.94.